The molecule has 13 heavy (non-hydrogen) atoms. The van der Waals surface area contributed by atoms with Gasteiger partial charge in [0.15, 0.2) is 0 Å². The second-order valence-electron chi connectivity index (χ2n) is 3.61. The summed E-state index contributed by atoms with van der Waals surface area (Å²) in [5, 5.41) is 4.02. The number of nitrogens with one attached hydrogen (secondary N) is 1. The van der Waals surface area contributed by atoms with E-state index < -0.39 is 0 Å². The molecule has 0 atom stereocenters. The Morgan fingerprint density at radius 2 is 2.31 bits per heavy atom. The zero-order chi connectivity index (χ0) is 8.84. The van der Waals surface area contributed by atoms with E-state index in [0.29, 0.717) is 5.92 Å². The summed E-state index contributed by atoms with van der Waals surface area (Å²) >= 11 is 1.59. The van der Waals surface area contributed by atoms with E-state index in [1.165, 1.54) is 17.8 Å². The predicted molar refractivity (Wildman–Crippen MR) is 50.1 cm³/mol. The summed E-state index contributed by atoms with van der Waals surface area (Å²) in [5.74, 6) is 0.744. The summed E-state index contributed by atoms with van der Waals surface area (Å²) in [7, 11) is 0. The number of hydrogen-bond acceptors (Lipinski definition) is 3. The van der Waals surface area contributed by atoms with Crippen LogP contribution in [0.25, 0.3) is 0 Å². The number of aromatic nitrogens is 1. The van der Waals surface area contributed by atoms with Gasteiger partial charge in [0, 0.05) is 18.9 Å². The molecule has 0 radical (unpaired) electrons. The third-order valence-electron chi connectivity index (χ3n) is 2.49. The number of hydrogen-bond donors (Lipinski definition) is 1. The average Bonchev–Trinajstić information content (AvgIpc) is 2.87. The van der Waals surface area contributed by atoms with Crippen molar-refractivity contribution in [3.05, 3.63) is 15.6 Å². The van der Waals surface area contributed by atoms with Gasteiger partial charge in [-0.2, -0.15) is 0 Å². The summed E-state index contributed by atoms with van der Waals surface area (Å²) in [4.78, 5) is 16.8. The van der Waals surface area contributed by atoms with Gasteiger partial charge < -0.3 is 5.32 Å². The molecule has 0 spiro atoms. The van der Waals surface area contributed by atoms with Crippen LogP contribution < -0.4 is 5.32 Å². The number of fused-ring (bicyclic) bond motifs is 1. The summed E-state index contributed by atoms with van der Waals surface area (Å²) in [5.41, 5.74) is 1.02. The highest BCUT2D eigenvalue weighted by molar-refractivity contribution is 7.14. The van der Waals surface area contributed by atoms with Crippen LogP contribution in [0.1, 0.15) is 39.1 Å². The lowest BCUT2D eigenvalue weighted by atomic mass is 10.2. The Morgan fingerprint density at radius 3 is 3.00 bits per heavy atom. The molecule has 1 aliphatic heterocycles. The lowest BCUT2D eigenvalue weighted by molar-refractivity contribution is 0.0950. The van der Waals surface area contributed by atoms with Gasteiger partial charge in [0.2, 0.25) is 0 Å². The largest absolute Gasteiger partial charge is 0.351 e. The van der Waals surface area contributed by atoms with Crippen LogP contribution in [0, 0.1) is 0 Å². The van der Waals surface area contributed by atoms with Crippen molar-refractivity contribution in [1.82, 2.24) is 10.3 Å². The Balaban J connectivity index is 2.04. The van der Waals surface area contributed by atoms with Crippen LogP contribution in [0.2, 0.25) is 0 Å². The Labute approximate surface area is 80.2 Å². The first-order valence-electron chi connectivity index (χ1n) is 4.62. The van der Waals surface area contributed by atoms with Crippen molar-refractivity contribution in [2.24, 2.45) is 0 Å². The molecule has 1 aromatic heterocycles. The van der Waals surface area contributed by atoms with E-state index in [-0.39, 0.29) is 5.91 Å². The quantitative estimate of drug-likeness (QED) is 0.732. The van der Waals surface area contributed by atoms with E-state index >= 15 is 0 Å². The fourth-order valence-corrected chi connectivity index (χ4v) is 2.79. The average molecular weight is 194 g/mol. The summed E-state index contributed by atoms with van der Waals surface area (Å²) < 4.78 is 0. The minimum atomic E-state index is 0.0747. The van der Waals surface area contributed by atoms with Crippen LogP contribution in [0.3, 0.4) is 0 Å². The van der Waals surface area contributed by atoms with Crippen molar-refractivity contribution in [3.8, 4) is 0 Å². The van der Waals surface area contributed by atoms with Crippen LogP contribution in [-0.4, -0.2) is 17.4 Å². The van der Waals surface area contributed by atoms with Gasteiger partial charge in [-0.25, -0.2) is 4.98 Å². The molecule has 1 amide bonds. The minimum absolute atomic E-state index is 0.0747. The Morgan fingerprint density at radius 1 is 1.46 bits per heavy atom. The van der Waals surface area contributed by atoms with Gasteiger partial charge in [-0.1, -0.05) is 0 Å². The highest BCUT2D eigenvalue weighted by Gasteiger charge is 2.30. The number of thiazole rings is 1. The molecule has 2 aliphatic rings. The molecule has 0 bridgehead atoms. The fraction of sp³-hybridized carbons (Fsp3) is 0.556. The second kappa shape index (κ2) is 2.54. The molecule has 1 fully saturated rings. The first kappa shape index (κ1) is 7.50. The summed E-state index contributed by atoms with van der Waals surface area (Å²) in [6.45, 7) is 0.750. The standard InChI is InChI=1S/C9H10N2OS/c12-8-7-6(3-4-10-8)11-9(13-7)5-1-2-5/h5H,1-4H2,(H,10,12). The van der Waals surface area contributed by atoms with E-state index in [1.807, 2.05) is 0 Å². The van der Waals surface area contributed by atoms with Crippen molar-refractivity contribution in [3.63, 3.8) is 0 Å². The molecule has 1 N–H and O–H groups in total. The predicted octanol–water partition coefficient (Wildman–Crippen LogP) is 1.31. The van der Waals surface area contributed by atoms with Crippen LogP contribution in [0.4, 0.5) is 0 Å². The Hall–Kier alpha value is -0.900. The molecular weight excluding hydrogens is 184 g/mol. The Kier molecular flexibility index (Phi) is 1.47. The number of rotatable bonds is 1. The lowest BCUT2D eigenvalue weighted by Crippen LogP contribution is -2.30. The molecule has 3 nitrogen and oxygen atoms in total. The van der Waals surface area contributed by atoms with Crippen LogP contribution in [-0.2, 0) is 6.42 Å². The van der Waals surface area contributed by atoms with Crippen molar-refractivity contribution in [2.45, 2.75) is 25.2 Å². The van der Waals surface area contributed by atoms with E-state index in [2.05, 4.69) is 10.3 Å². The van der Waals surface area contributed by atoms with Gasteiger partial charge in [-0.05, 0) is 12.8 Å². The molecule has 0 aromatic carbocycles. The van der Waals surface area contributed by atoms with Crippen LogP contribution >= 0.6 is 11.3 Å². The molecule has 1 aliphatic carbocycles. The smallest absolute Gasteiger partial charge is 0.263 e. The van der Waals surface area contributed by atoms with Crippen LogP contribution in [0.15, 0.2) is 0 Å². The highest BCUT2D eigenvalue weighted by Crippen LogP contribution is 2.42. The topological polar surface area (TPSA) is 42.0 Å². The van der Waals surface area contributed by atoms with Gasteiger partial charge in [-0.15, -0.1) is 11.3 Å². The molecule has 0 saturated heterocycles. The van der Waals surface area contributed by atoms with Crippen molar-refractivity contribution >= 4 is 17.2 Å². The van der Waals surface area contributed by atoms with Gasteiger partial charge in [0.1, 0.15) is 4.88 Å². The van der Waals surface area contributed by atoms with Crippen molar-refractivity contribution < 1.29 is 4.79 Å². The zero-order valence-electron chi connectivity index (χ0n) is 7.17. The number of carbonyl (C=O) groups excluding carboxylic acids is 1. The van der Waals surface area contributed by atoms with Gasteiger partial charge >= 0.3 is 0 Å². The van der Waals surface area contributed by atoms with Gasteiger partial charge in [0.25, 0.3) is 5.91 Å². The molecule has 2 heterocycles. The van der Waals surface area contributed by atoms with E-state index in [4.69, 9.17) is 0 Å². The third-order valence-corrected chi connectivity index (χ3v) is 3.75. The molecular formula is C9H10N2OS. The molecule has 4 heteroatoms. The first-order chi connectivity index (χ1) is 6.34. The molecule has 1 saturated carbocycles. The fourth-order valence-electron chi connectivity index (χ4n) is 1.60. The maximum atomic E-state index is 11.4. The van der Waals surface area contributed by atoms with E-state index in [9.17, 15) is 4.79 Å². The maximum Gasteiger partial charge on any atom is 0.263 e. The number of amides is 1. The van der Waals surface area contributed by atoms with Crippen molar-refractivity contribution in [2.75, 3.05) is 6.54 Å². The molecule has 68 valence electrons. The SMILES string of the molecule is O=C1NCCc2nc(C3CC3)sc21. The van der Waals surface area contributed by atoms with Crippen LogP contribution in [0.5, 0.6) is 0 Å². The maximum absolute atomic E-state index is 11.4. The summed E-state index contributed by atoms with van der Waals surface area (Å²) in [6, 6.07) is 0. The lowest BCUT2D eigenvalue weighted by Gasteiger charge is -2.09. The van der Waals surface area contributed by atoms with E-state index in [1.54, 1.807) is 11.3 Å². The number of carbonyl (C=O) groups is 1. The first-order valence-corrected chi connectivity index (χ1v) is 5.44. The zero-order valence-corrected chi connectivity index (χ0v) is 7.99. The molecule has 1 aromatic rings. The summed E-state index contributed by atoms with van der Waals surface area (Å²) in [6.07, 6.45) is 3.42. The van der Waals surface area contributed by atoms with Gasteiger partial charge in [0.05, 0.1) is 10.7 Å². The third kappa shape index (κ3) is 1.16. The molecule has 0 unspecified atom stereocenters. The minimum Gasteiger partial charge on any atom is -0.351 e. The van der Waals surface area contributed by atoms with Crippen molar-refractivity contribution in [1.29, 1.82) is 0 Å². The highest BCUT2D eigenvalue weighted by atomic mass is 32.1. The monoisotopic (exact) mass is 194 g/mol. The molecule has 3 rings (SSSR count). The van der Waals surface area contributed by atoms with Gasteiger partial charge in [-0.3, -0.25) is 4.79 Å². The second-order valence-corrected chi connectivity index (χ2v) is 4.64. The Bertz CT molecular complexity index is 368. The number of nitrogens with zero attached hydrogens (tertiary/aromatic N) is 1. The van der Waals surface area contributed by atoms with E-state index in [0.717, 1.165) is 23.5 Å². The normalized spacial score (nSPS) is 21.1.